The van der Waals surface area contributed by atoms with Crippen molar-refractivity contribution in [2.75, 3.05) is 12.8 Å². The number of amides is 2. The SMILES string of the molecule is CNC(=O)C(Cc1ccccc1)N(Cc1ccc(Cl)c(Cl)c1)C(=O)CSCc1ccc(Cl)c(Cl)c1. The minimum Gasteiger partial charge on any atom is -0.357 e. The zero-order valence-electron chi connectivity index (χ0n) is 18.9. The van der Waals surface area contributed by atoms with Crippen LogP contribution >= 0.6 is 58.2 Å². The first-order chi connectivity index (χ1) is 16.8. The second-order valence-corrected chi connectivity index (χ2v) is 10.4. The van der Waals surface area contributed by atoms with Gasteiger partial charge in [-0.15, -0.1) is 11.8 Å². The normalized spacial score (nSPS) is 11.7. The molecule has 1 unspecified atom stereocenters. The van der Waals surface area contributed by atoms with Gasteiger partial charge in [0, 0.05) is 25.8 Å². The van der Waals surface area contributed by atoms with E-state index in [1.54, 1.807) is 42.3 Å². The molecule has 0 spiro atoms. The quantitative estimate of drug-likeness (QED) is 0.288. The van der Waals surface area contributed by atoms with Gasteiger partial charge >= 0.3 is 0 Å². The van der Waals surface area contributed by atoms with E-state index in [1.807, 2.05) is 36.4 Å². The van der Waals surface area contributed by atoms with Gasteiger partial charge in [0.25, 0.3) is 0 Å². The Balaban J connectivity index is 1.82. The van der Waals surface area contributed by atoms with Crippen LogP contribution in [-0.4, -0.2) is 35.6 Å². The highest BCUT2D eigenvalue weighted by Gasteiger charge is 2.29. The topological polar surface area (TPSA) is 49.4 Å². The molecule has 4 nitrogen and oxygen atoms in total. The molecule has 0 heterocycles. The van der Waals surface area contributed by atoms with Crippen LogP contribution in [0.15, 0.2) is 66.7 Å². The van der Waals surface area contributed by atoms with E-state index >= 15 is 0 Å². The predicted molar refractivity (Wildman–Crippen MR) is 148 cm³/mol. The molecule has 3 rings (SSSR count). The molecule has 2 amide bonds. The lowest BCUT2D eigenvalue weighted by molar-refractivity contribution is -0.139. The van der Waals surface area contributed by atoms with Crippen LogP contribution in [0.5, 0.6) is 0 Å². The van der Waals surface area contributed by atoms with Crippen LogP contribution in [0.4, 0.5) is 0 Å². The Hall–Kier alpha value is -1.89. The lowest BCUT2D eigenvalue weighted by atomic mass is 10.0. The van der Waals surface area contributed by atoms with Gasteiger partial charge in [-0.1, -0.05) is 88.9 Å². The molecule has 9 heteroatoms. The smallest absolute Gasteiger partial charge is 0.242 e. The summed E-state index contributed by atoms with van der Waals surface area (Å²) in [5.41, 5.74) is 2.70. The Bertz CT molecular complexity index is 1180. The highest BCUT2D eigenvalue weighted by atomic mass is 35.5. The summed E-state index contributed by atoms with van der Waals surface area (Å²) >= 11 is 25.8. The minimum atomic E-state index is -0.699. The van der Waals surface area contributed by atoms with E-state index in [2.05, 4.69) is 5.32 Å². The van der Waals surface area contributed by atoms with Crippen LogP contribution in [0.1, 0.15) is 16.7 Å². The predicted octanol–water partition coefficient (Wildman–Crippen LogP) is 6.92. The van der Waals surface area contributed by atoms with E-state index < -0.39 is 6.04 Å². The zero-order valence-corrected chi connectivity index (χ0v) is 22.8. The first kappa shape index (κ1) is 27.7. The third kappa shape index (κ3) is 8.06. The van der Waals surface area contributed by atoms with Crippen molar-refractivity contribution in [1.82, 2.24) is 10.2 Å². The maximum absolute atomic E-state index is 13.5. The van der Waals surface area contributed by atoms with Crippen LogP contribution in [0.2, 0.25) is 20.1 Å². The average Bonchev–Trinajstić information content (AvgIpc) is 2.85. The van der Waals surface area contributed by atoms with Gasteiger partial charge in [0.15, 0.2) is 0 Å². The number of halogens is 4. The molecule has 0 aliphatic heterocycles. The number of rotatable bonds is 10. The highest BCUT2D eigenvalue weighted by molar-refractivity contribution is 7.99. The molecule has 0 aliphatic carbocycles. The van der Waals surface area contributed by atoms with Crippen LogP contribution in [-0.2, 0) is 28.3 Å². The van der Waals surface area contributed by atoms with E-state index in [4.69, 9.17) is 46.4 Å². The summed E-state index contributed by atoms with van der Waals surface area (Å²) in [6, 6.07) is 19.5. The van der Waals surface area contributed by atoms with Gasteiger partial charge in [0.2, 0.25) is 11.8 Å². The molecule has 3 aromatic rings. The van der Waals surface area contributed by atoms with Crippen molar-refractivity contribution in [3.63, 3.8) is 0 Å². The largest absolute Gasteiger partial charge is 0.357 e. The number of hydrogen-bond acceptors (Lipinski definition) is 3. The van der Waals surface area contributed by atoms with E-state index in [0.717, 1.165) is 16.7 Å². The summed E-state index contributed by atoms with van der Waals surface area (Å²) in [6.07, 6.45) is 0.380. The Morgan fingerprint density at radius 3 is 2.03 bits per heavy atom. The number of nitrogens with zero attached hydrogens (tertiary/aromatic N) is 1. The average molecular weight is 570 g/mol. The van der Waals surface area contributed by atoms with Gasteiger partial charge in [-0.05, 0) is 41.0 Å². The minimum absolute atomic E-state index is 0.161. The van der Waals surface area contributed by atoms with Crippen LogP contribution < -0.4 is 5.32 Å². The van der Waals surface area contributed by atoms with E-state index in [1.165, 1.54) is 11.8 Å². The zero-order chi connectivity index (χ0) is 25.4. The third-order valence-electron chi connectivity index (χ3n) is 5.33. The molecule has 1 N–H and O–H groups in total. The molecule has 0 saturated carbocycles. The van der Waals surface area contributed by atoms with E-state index in [0.29, 0.717) is 32.3 Å². The molecule has 1 atom stereocenters. The van der Waals surface area contributed by atoms with Gasteiger partial charge in [-0.25, -0.2) is 0 Å². The van der Waals surface area contributed by atoms with Crippen LogP contribution in [0.3, 0.4) is 0 Å². The number of likely N-dealkylation sites (N-methyl/N-ethyl adjacent to an activating group) is 1. The monoisotopic (exact) mass is 568 g/mol. The molecule has 0 saturated heterocycles. The molecule has 0 radical (unpaired) electrons. The van der Waals surface area contributed by atoms with Gasteiger partial charge in [0.05, 0.1) is 25.8 Å². The molecule has 3 aromatic carbocycles. The Morgan fingerprint density at radius 2 is 1.43 bits per heavy atom. The van der Waals surface area contributed by atoms with Crippen molar-refractivity contribution in [3.05, 3.63) is 104 Å². The highest BCUT2D eigenvalue weighted by Crippen LogP contribution is 2.26. The summed E-state index contributed by atoms with van der Waals surface area (Å²) in [5, 5.41) is 4.49. The number of carbonyl (C=O) groups is 2. The fourth-order valence-electron chi connectivity index (χ4n) is 3.52. The number of benzene rings is 3. The van der Waals surface area contributed by atoms with Crippen LogP contribution in [0, 0.1) is 0 Å². The second-order valence-electron chi connectivity index (χ2n) is 7.83. The molecule has 35 heavy (non-hydrogen) atoms. The molecule has 0 fully saturated rings. The maximum atomic E-state index is 13.5. The lowest BCUT2D eigenvalue weighted by Crippen LogP contribution is -2.50. The maximum Gasteiger partial charge on any atom is 0.242 e. The number of thioether (sulfide) groups is 1. The van der Waals surface area contributed by atoms with Crippen LogP contribution in [0.25, 0.3) is 0 Å². The lowest BCUT2D eigenvalue weighted by Gasteiger charge is -2.31. The second kappa shape index (κ2) is 13.4. The number of carbonyl (C=O) groups excluding carboxylic acids is 2. The summed E-state index contributed by atoms with van der Waals surface area (Å²) in [5.74, 6) is 0.360. The summed E-state index contributed by atoms with van der Waals surface area (Å²) in [6.45, 7) is 0.216. The van der Waals surface area contributed by atoms with Crippen molar-refractivity contribution in [1.29, 1.82) is 0 Å². The van der Waals surface area contributed by atoms with Gasteiger partial charge in [0.1, 0.15) is 6.04 Å². The standard InChI is InChI=1S/C26H24Cl4N2O2S/c1-31-26(34)24(13-17-5-3-2-4-6-17)32(14-18-7-9-20(27)22(29)11-18)25(33)16-35-15-19-8-10-21(28)23(30)12-19/h2-12,24H,13-16H2,1H3,(H,31,34). The van der Waals surface area contributed by atoms with E-state index in [9.17, 15) is 9.59 Å². The van der Waals surface area contributed by atoms with E-state index in [-0.39, 0.29) is 24.1 Å². The molecule has 0 aromatic heterocycles. The fourth-order valence-corrected chi connectivity index (χ4v) is 5.02. The first-order valence-corrected chi connectivity index (χ1v) is 13.5. The fraction of sp³-hybridized carbons (Fsp3) is 0.231. The van der Waals surface area contributed by atoms with Crippen molar-refractivity contribution in [2.45, 2.75) is 24.8 Å². The number of hydrogen-bond donors (Lipinski definition) is 1. The Kier molecular flexibility index (Phi) is 10.6. The van der Waals surface area contributed by atoms with Crippen molar-refractivity contribution >= 4 is 70.0 Å². The molecule has 0 bridgehead atoms. The molecular formula is C26H24Cl4N2O2S. The molecule has 184 valence electrons. The molecule has 0 aliphatic rings. The number of nitrogens with one attached hydrogen (secondary N) is 1. The van der Waals surface area contributed by atoms with Gasteiger partial charge in [-0.3, -0.25) is 9.59 Å². The third-order valence-corrected chi connectivity index (χ3v) is 7.80. The summed E-state index contributed by atoms with van der Waals surface area (Å²) < 4.78 is 0. The van der Waals surface area contributed by atoms with Crippen molar-refractivity contribution in [2.24, 2.45) is 0 Å². The first-order valence-electron chi connectivity index (χ1n) is 10.8. The van der Waals surface area contributed by atoms with Gasteiger partial charge in [-0.2, -0.15) is 0 Å². The molecular weight excluding hydrogens is 546 g/mol. The summed E-state index contributed by atoms with van der Waals surface area (Å²) in [7, 11) is 1.57. The Labute approximate surface area is 229 Å². The Morgan fingerprint density at radius 1 is 0.829 bits per heavy atom. The summed E-state index contributed by atoms with van der Waals surface area (Å²) in [4.78, 5) is 28.0. The van der Waals surface area contributed by atoms with Crippen molar-refractivity contribution < 1.29 is 9.59 Å². The van der Waals surface area contributed by atoms with Crippen molar-refractivity contribution in [3.8, 4) is 0 Å². The van der Waals surface area contributed by atoms with Gasteiger partial charge < -0.3 is 10.2 Å².